The van der Waals surface area contributed by atoms with Crippen molar-refractivity contribution in [1.82, 2.24) is 5.43 Å². The molecule has 0 aliphatic carbocycles. The molecule has 0 fully saturated rings. The number of phenols is 1. The highest BCUT2D eigenvalue weighted by atomic mass is 79.9. The maximum atomic E-state index is 11.9. The number of nitrogens with one attached hydrogen (secondary N) is 1. The molecule has 0 aromatic heterocycles. The highest BCUT2D eigenvalue weighted by molar-refractivity contribution is 9.10. The molecule has 2 rings (SSSR count). The summed E-state index contributed by atoms with van der Waals surface area (Å²) in [7, 11) is 0. The molecule has 0 unspecified atom stereocenters. The number of halogens is 1. The van der Waals surface area contributed by atoms with E-state index in [4.69, 9.17) is 4.74 Å². The molecule has 0 heterocycles. The van der Waals surface area contributed by atoms with Crippen molar-refractivity contribution in [3.63, 3.8) is 0 Å². The molecular formula is C17H17BrN2O3. The Kier molecular flexibility index (Phi) is 5.76. The van der Waals surface area contributed by atoms with E-state index in [9.17, 15) is 9.90 Å². The van der Waals surface area contributed by atoms with E-state index in [0.717, 1.165) is 15.8 Å². The van der Waals surface area contributed by atoms with Crippen molar-refractivity contribution in [2.75, 3.05) is 0 Å². The summed E-state index contributed by atoms with van der Waals surface area (Å²) in [6, 6.07) is 11.8. The summed E-state index contributed by atoms with van der Waals surface area (Å²) < 4.78 is 6.43. The first-order valence-electron chi connectivity index (χ1n) is 7.05. The van der Waals surface area contributed by atoms with Crippen LogP contribution in [-0.2, 0) is 0 Å². The molecule has 0 aliphatic heterocycles. The van der Waals surface area contributed by atoms with Crippen LogP contribution in [0.2, 0.25) is 0 Å². The Hall–Kier alpha value is -2.34. The number of amides is 1. The molecule has 0 radical (unpaired) electrons. The highest BCUT2D eigenvalue weighted by Crippen LogP contribution is 2.26. The van der Waals surface area contributed by atoms with Gasteiger partial charge < -0.3 is 9.84 Å². The van der Waals surface area contributed by atoms with Crippen molar-refractivity contribution in [3.8, 4) is 11.5 Å². The lowest BCUT2D eigenvalue weighted by atomic mass is 10.2. The molecule has 1 amide bonds. The zero-order valence-electron chi connectivity index (χ0n) is 12.8. The fraction of sp³-hybridized carbons (Fsp3) is 0.176. The molecule has 0 saturated heterocycles. The van der Waals surface area contributed by atoms with Crippen LogP contribution in [0.3, 0.4) is 0 Å². The predicted octanol–water partition coefficient (Wildman–Crippen LogP) is 3.71. The standard InChI is InChI=1S/C17H17BrN2O3/c1-11(2)23-16-8-7-12(9-14(16)18)10-19-20-17(22)13-5-3-4-6-15(13)21/h3-11,21H,1-2H3,(H,20,22)/b19-10-. The molecule has 0 spiro atoms. The van der Waals surface area contributed by atoms with Crippen molar-refractivity contribution >= 4 is 28.1 Å². The van der Waals surface area contributed by atoms with Crippen molar-refractivity contribution < 1.29 is 14.6 Å². The van der Waals surface area contributed by atoms with Crippen molar-refractivity contribution in [1.29, 1.82) is 0 Å². The van der Waals surface area contributed by atoms with E-state index in [1.54, 1.807) is 12.1 Å². The summed E-state index contributed by atoms with van der Waals surface area (Å²) in [6.07, 6.45) is 1.60. The van der Waals surface area contributed by atoms with Crippen molar-refractivity contribution in [3.05, 3.63) is 58.1 Å². The van der Waals surface area contributed by atoms with E-state index in [1.165, 1.54) is 18.3 Å². The smallest absolute Gasteiger partial charge is 0.275 e. The second-order valence-electron chi connectivity index (χ2n) is 5.07. The second kappa shape index (κ2) is 7.78. The van der Waals surface area contributed by atoms with Gasteiger partial charge in [-0.3, -0.25) is 4.79 Å². The van der Waals surface area contributed by atoms with E-state index in [1.807, 2.05) is 32.0 Å². The minimum atomic E-state index is -0.474. The molecular weight excluding hydrogens is 360 g/mol. The molecule has 0 aliphatic rings. The van der Waals surface area contributed by atoms with Gasteiger partial charge >= 0.3 is 0 Å². The number of carbonyl (C=O) groups excluding carboxylic acids is 1. The van der Waals surface area contributed by atoms with E-state index >= 15 is 0 Å². The number of benzene rings is 2. The van der Waals surface area contributed by atoms with Gasteiger partial charge in [0.2, 0.25) is 0 Å². The zero-order valence-corrected chi connectivity index (χ0v) is 14.4. The lowest BCUT2D eigenvalue weighted by molar-refractivity contribution is 0.0952. The third kappa shape index (κ3) is 4.82. The molecule has 2 aromatic carbocycles. The van der Waals surface area contributed by atoms with Gasteiger partial charge in [-0.15, -0.1) is 0 Å². The van der Waals surface area contributed by atoms with Gasteiger partial charge in [-0.05, 0) is 65.7 Å². The summed E-state index contributed by atoms with van der Waals surface area (Å²) in [5, 5.41) is 13.5. The molecule has 6 heteroatoms. The number of carbonyl (C=O) groups is 1. The van der Waals surface area contributed by atoms with Crippen LogP contribution in [0.4, 0.5) is 0 Å². The lowest BCUT2D eigenvalue weighted by Gasteiger charge is -2.11. The zero-order chi connectivity index (χ0) is 16.8. The first kappa shape index (κ1) is 17.0. The molecule has 23 heavy (non-hydrogen) atoms. The van der Waals surface area contributed by atoms with Crippen LogP contribution >= 0.6 is 15.9 Å². The SMILES string of the molecule is CC(C)Oc1ccc(/C=N\NC(=O)c2ccccc2O)cc1Br. The third-order valence-corrected chi connectivity index (χ3v) is 3.47. The maximum absolute atomic E-state index is 11.9. The minimum Gasteiger partial charge on any atom is -0.507 e. The van der Waals surface area contributed by atoms with E-state index in [2.05, 4.69) is 26.5 Å². The van der Waals surface area contributed by atoms with Crippen LogP contribution in [0.5, 0.6) is 11.5 Å². The first-order valence-corrected chi connectivity index (χ1v) is 7.84. The summed E-state index contributed by atoms with van der Waals surface area (Å²) in [5.41, 5.74) is 3.35. The van der Waals surface area contributed by atoms with Gasteiger partial charge in [-0.2, -0.15) is 5.10 Å². The van der Waals surface area contributed by atoms with Gasteiger partial charge in [0, 0.05) is 0 Å². The van der Waals surface area contributed by atoms with Gasteiger partial charge in [0.25, 0.3) is 5.91 Å². The summed E-state index contributed by atoms with van der Waals surface area (Å²) in [4.78, 5) is 11.9. The van der Waals surface area contributed by atoms with Gasteiger partial charge in [0.05, 0.1) is 22.4 Å². The fourth-order valence-corrected chi connectivity index (χ4v) is 2.33. The van der Waals surface area contributed by atoms with Crippen LogP contribution in [0, 0.1) is 0 Å². The molecule has 2 N–H and O–H groups in total. The number of nitrogens with zero attached hydrogens (tertiary/aromatic N) is 1. The second-order valence-corrected chi connectivity index (χ2v) is 5.93. The predicted molar refractivity (Wildman–Crippen MR) is 93.1 cm³/mol. The molecule has 0 saturated carbocycles. The molecule has 5 nitrogen and oxygen atoms in total. The topological polar surface area (TPSA) is 70.9 Å². The van der Waals surface area contributed by atoms with Crippen molar-refractivity contribution in [2.45, 2.75) is 20.0 Å². The number of phenolic OH excluding ortho intramolecular Hbond substituents is 1. The van der Waals surface area contributed by atoms with E-state index < -0.39 is 5.91 Å². The molecule has 120 valence electrons. The average molecular weight is 377 g/mol. The Morgan fingerprint density at radius 1 is 1.30 bits per heavy atom. The number of rotatable bonds is 5. The van der Waals surface area contributed by atoms with E-state index in [-0.39, 0.29) is 17.4 Å². The number of hydrazone groups is 1. The summed E-state index contributed by atoms with van der Waals surface area (Å²) in [5.74, 6) is 0.187. The normalized spacial score (nSPS) is 11.0. The maximum Gasteiger partial charge on any atom is 0.275 e. The molecule has 0 atom stereocenters. The Balaban J connectivity index is 2.02. The Morgan fingerprint density at radius 3 is 2.70 bits per heavy atom. The van der Waals surface area contributed by atoms with Crippen LogP contribution in [0.25, 0.3) is 0 Å². The first-order chi connectivity index (χ1) is 11.0. The largest absolute Gasteiger partial charge is 0.507 e. The number of hydrogen-bond acceptors (Lipinski definition) is 4. The number of ether oxygens (including phenoxy) is 1. The number of aromatic hydroxyl groups is 1. The van der Waals surface area contributed by atoms with Gasteiger partial charge in [0.15, 0.2) is 0 Å². The van der Waals surface area contributed by atoms with Crippen LogP contribution < -0.4 is 10.2 Å². The Bertz CT molecular complexity index is 730. The quantitative estimate of drug-likeness (QED) is 0.617. The lowest BCUT2D eigenvalue weighted by Crippen LogP contribution is -2.17. The van der Waals surface area contributed by atoms with Gasteiger partial charge in [0.1, 0.15) is 11.5 Å². The van der Waals surface area contributed by atoms with Gasteiger partial charge in [-0.25, -0.2) is 5.43 Å². The summed E-state index contributed by atoms with van der Waals surface area (Å²) in [6.45, 7) is 3.91. The van der Waals surface area contributed by atoms with Crippen LogP contribution in [0.1, 0.15) is 29.8 Å². The number of hydrogen-bond donors (Lipinski definition) is 2. The highest BCUT2D eigenvalue weighted by Gasteiger charge is 2.08. The molecule has 0 bridgehead atoms. The van der Waals surface area contributed by atoms with Crippen molar-refractivity contribution in [2.24, 2.45) is 5.10 Å². The number of para-hydroxylation sites is 1. The Labute approximate surface area is 143 Å². The van der Waals surface area contributed by atoms with E-state index in [0.29, 0.717) is 0 Å². The Morgan fingerprint density at radius 2 is 2.04 bits per heavy atom. The fourth-order valence-electron chi connectivity index (χ4n) is 1.84. The monoisotopic (exact) mass is 376 g/mol. The van der Waals surface area contributed by atoms with Gasteiger partial charge in [-0.1, -0.05) is 12.1 Å². The average Bonchev–Trinajstić information content (AvgIpc) is 2.50. The van der Waals surface area contributed by atoms with Crippen LogP contribution in [-0.4, -0.2) is 23.3 Å². The van der Waals surface area contributed by atoms with Crippen LogP contribution in [0.15, 0.2) is 52.0 Å². The summed E-state index contributed by atoms with van der Waals surface area (Å²) >= 11 is 3.44. The minimum absolute atomic E-state index is 0.0851. The third-order valence-electron chi connectivity index (χ3n) is 2.85. The molecule has 2 aromatic rings.